The van der Waals surface area contributed by atoms with Gasteiger partial charge in [-0.25, -0.2) is 0 Å². The lowest BCUT2D eigenvalue weighted by atomic mass is 10.1. The van der Waals surface area contributed by atoms with E-state index in [9.17, 15) is 4.79 Å². The van der Waals surface area contributed by atoms with Crippen LogP contribution in [0.1, 0.15) is 33.6 Å². The normalized spacial score (nSPS) is 15.6. The molecule has 0 spiro atoms. The van der Waals surface area contributed by atoms with Gasteiger partial charge >= 0.3 is 0 Å². The molecule has 2 heterocycles. The van der Waals surface area contributed by atoms with Crippen molar-refractivity contribution in [3.05, 3.63) is 50.7 Å². The topological polar surface area (TPSA) is 44.8 Å². The number of nitrogens with one attached hydrogen (secondary N) is 1. The summed E-state index contributed by atoms with van der Waals surface area (Å²) in [6, 6.07) is 7.46. The Kier molecular flexibility index (Phi) is 7.95. The largest absolute Gasteiger partial charge is 0.489 e. The lowest BCUT2D eigenvalue weighted by Crippen LogP contribution is -2.37. The summed E-state index contributed by atoms with van der Waals surface area (Å²) >= 11 is 8.23. The molecule has 1 fully saturated rings. The van der Waals surface area contributed by atoms with Crippen LogP contribution >= 0.6 is 22.9 Å². The Morgan fingerprint density at radius 3 is 2.69 bits per heavy atom. The summed E-state index contributed by atoms with van der Waals surface area (Å²) < 4.78 is 6.15. The van der Waals surface area contributed by atoms with E-state index in [-0.39, 0.29) is 12.0 Å². The predicted molar refractivity (Wildman–Crippen MR) is 120 cm³/mol. The number of piperidine rings is 1. The number of likely N-dealkylation sites (tertiary alicyclic amines) is 1. The van der Waals surface area contributed by atoms with Crippen molar-refractivity contribution in [1.29, 1.82) is 0 Å². The Hall–Kier alpha value is -1.60. The van der Waals surface area contributed by atoms with E-state index in [2.05, 4.69) is 28.6 Å². The van der Waals surface area contributed by atoms with E-state index in [1.807, 2.05) is 36.4 Å². The fraction of sp³-hybridized carbons (Fsp3) is 0.500. The molecule has 1 N–H and O–H groups in total. The minimum absolute atomic E-state index is 0.113. The first-order valence-corrected chi connectivity index (χ1v) is 11.3. The van der Waals surface area contributed by atoms with E-state index in [4.69, 9.17) is 16.3 Å². The Morgan fingerprint density at radius 1 is 1.31 bits per heavy atom. The number of rotatable bonds is 8. The van der Waals surface area contributed by atoms with Crippen LogP contribution in [0, 0.1) is 6.92 Å². The summed E-state index contributed by atoms with van der Waals surface area (Å²) in [4.78, 5) is 18.2. The van der Waals surface area contributed by atoms with Crippen LogP contribution in [0.15, 0.2) is 29.6 Å². The number of hydrogen-bond acceptors (Lipinski definition) is 5. The molecule has 3 rings (SSSR count). The molecule has 7 heteroatoms. The minimum Gasteiger partial charge on any atom is -0.489 e. The van der Waals surface area contributed by atoms with E-state index in [1.165, 1.54) is 10.4 Å². The highest BCUT2D eigenvalue weighted by Crippen LogP contribution is 2.29. The number of carbonyl (C=O) groups excluding carboxylic acids is 1. The van der Waals surface area contributed by atoms with Crippen molar-refractivity contribution in [3.63, 3.8) is 0 Å². The molecule has 1 aliphatic rings. The van der Waals surface area contributed by atoms with Crippen molar-refractivity contribution in [1.82, 2.24) is 15.1 Å². The maximum atomic E-state index is 12.2. The molecule has 0 radical (unpaired) electrons. The van der Waals surface area contributed by atoms with Crippen molar-refractivity contribution >= 4 is 28.8 Å². The average molecular weight is 436 g/mol. The molecule has 1 amide bonds. The molecule has 1 aliphatic heterocycles. The minimum atomic E-state index is -0.113. The molecule has 0 atom stereocenters. The van der Waals surface area contributed by atoms with E-state index in [0.29, 0.717) is 22.9 Å². The van der Waals surface area contributed by atoms with Crippen molar-refractivity contribution in [3.8, 4) is 5.75 Å². The van der Waals surface area contributed by atoms with Gasteiger partial charge in [-0.1, -0.05) is 11.6 Å². The summed E-state index contributed by atoms with van der Waals surface area (Å²) in [5.74, 6) is 0.543. The predicted octanol–water partition coefficient (Wildman–Crippen LogP) is 4.04. The number of nitrogens with zero attached hydrogens (tertiary/aromatic N) is 2. The molecular weight excluding hydrogens is 406 g/mol. The third-order valence-electron chi connectivity index (χ3n) is 5.20. The summed E-state index contributed by atoms with van der Waals surface area (Å²) in [5.41, 5.74) is 1.94. The van der Waals surface area contributed by atoms with Gasteiger partial charge in [-0.05, 0) is 69.1 Å². The van der Waals surface area contributed by atoms with Gasteiger partial charge in [0.05, 0.1) is 5.02 Å². The molecule has 1 aromatic heterocycles. The second kappa shape index (κ2) is 10.4. The molecule has 2 aromatic rings. The summed E-state index contributed by atoms with van der Waals surface area (Å²) in [6.07, 6.45) is 2.12. The highest BCUT2D eigenvalue weighted by atomic mass is 35.5. The van der Waals surface area contributed by atoms with Gasteiger partial charge in [0.25, 0.3) is 5.91 Å². The van der Waals surface area contributed by atoms with Crippen LogP contribution in [0.25, 0.3) is 0 Å². The molecule has 0 bridgehead atoms. The molecule has 0 unspecified atom stereocenters. The monoisotopic (exact) mass is 435 g/mol. The Bertz CT molecular complexity index is 816. The molecule has 5 nitrogen and oxygen atoms in total. The highest BCUT2D eigenvalue weighted by molar-refractivity contribution is 7.10. The second-order valence-electron chi connectivity index (χ2n) is 7.82. The van der Waals surface area contributed by atoms with Gasteiger partial charge in [0.2, 0.25) is 0 Å². The van der Waals surface area contributed by atoms with Crippen LogP contribution in [-0.2, 0) is 6.54 Å². The molecule has 0 saturated carbocycles. The maximum absolute atomic E-state index is 12.2. The van der Waals surface area contributed by atoms with Crippen molar-refractivity contribution in [2.45, 2.75) is 32.4 Å². The molecule has 1 saturated heterocycles. The van der Waals surface area contributed by atoms with Crippen LogP contribution in [0.3, 0.4) is 0 Å². The maximum Gasteiger partial charge on any atom is 0.251 e. The summed E-state index contributed by atoms with van der Waals surface area (Å²) in [5, 5.41) is 5.55. The lowest BCUT2D eigenvalue weighted by molar-refractivity contribution is 0.0949. The number of aryl methyl sites for hydroxylation is 1. The van der Waals surface area contributed by atoms with E-state index >= 15 is 0 Å². The van der Waals surface area contributed by atoms with Crippen LogP contribution in [-0.4, -0.2) is 62.1 Å². The van der Waals surface area contributed by atoms with Crippen LogP contribution < -0.4 is 10.1 Å². The van der Waals surface area contributed by atoms with Crippen LogP contribution in [0.2, 0.25) is 5.02 Å². The van der Waals surface area contributed by atoms with Gasteiger partial charge in [0.15, 0.2) is 0 Å². The first kappa shape index (κ1) is 22.1. The average Bonchev–Trinajstić information content (AvgIpc) is 3.09. The van der Waals surface area contributed by atoms with Gasteiger partial charge in [-0.3, -0.25) is 9.69 Å². The van der Waals surface area contributed by atoms with Crippen molar-refractivity contribution < 1.29 is 9.53 Å². The Balaban J connectivity index is 1.48. The van der Waals surface area contributed by atoms with E-state index in [0.717, 1.165) is 39.0 Å². The number of benzene rings is 1. The van der Waals surface area contributed by atoms with Gasteiger partial charge in [-0.15, -0.1) is 11.3 Å². The fourth-order valence-corrected chi connectivity index (χ4v) is 4.54. The number of ether oxygens (including phenoxy) is 1. The van der Waals surface area contributed by atoms with Gasteiger partial charge < -0.3 is 15.0 Å². The molecule has 158 valence electrons. The molecule has 0 aliphatic carbocycles. The number of halogens is 1. The number of carbonyl (C=O) groups is 1. The fourth-order valence-electron chi connectivity index (χ4n) is 3.37. The Labute approximate surface area is 182 Å². The first-order valence-electron chi connectivity index (χ1n) is 10.1. The number of hydrogen-bond donors (Lipinski definition) is 1. The van der Waals surface area contributed by atoms with E-state index in [1.54, 1.807) is 12.1 Å². The zero-order chi connectivity index (χ0) is 20.8. The molecular formula is C22H30ClN3O2S. The number of thiophene rings is 1. The summed E-state index contributed by atoms with van der Waals surface area (Å²) in [6.45, 7) is 6.64. The number of likely N-dealkylation sites (N-methyl/N-ethyl adjacent to an activating group) is 1. The van der Waals surface area contributed by atoms with Crippen molar-refractivity contribution in [2.75, 3.05) is 40.3 Å². The van der Waals surface area contributed by atoms with Crippen LogP contribution in [0.5, 0.6) is 5.75 Å². The standard InChI is InChI=1S/C22H30ClN3O2S/c1-16-8-13-29-21(16)15-26-10-6-18(7-11-26)28-20-5-4-17(14-19(20)23)22(27)24-9-12-25(2)3/h4-5,8,13-14,18H,6-7,9-12,15H2,1-3H3,(H,24,27). The quantitative estimate of drug-likeness (QED) is 0.679. The zero-order valence-corrected chi connectivity index (χ0v) is 19.0. The second-order valence-corrected chi connectivity index (χ2v) is 9.23. The third-order valence-corrected chi connectivity index (χ3v) is 6.51. The molecule has 1 aromatic carbocycles. The summed E-state index contributed by atoms with van der Waals surface area (Å²) in [7, 11) is 3.95. The van der Waals surface area contributed by atoms with Gasteiger partial charge in [0.1, 0.15) is 11.9 Å². The Morgan fingerprint density at radius 2 is 2.07 bits per heavy atom. The third kappa shape index (κ3) is 6.44. The first-order chi connectivity index (χ1) is 13.9. The van der Waals surface area contributed by atoms with Gasteiger partial charge in [-0.2, -0.15) is 0 Å². The SMILES string of the molecule is Cc1ccsc1CN1CCC(Oc2ccc(C(=O)NCCN(C)C)cc2Cl)CC1. The molecule has 29 heavy (non-hydrogen) atoms. The highest BCUT2D eigenvalue weighted by Gasteiger charge is 2.22. The van der Waals surface area contributed by atoms with E-state index < -0.39 is 0 Å². The lowest BCUT2D eigenvalue weighted by Gasteiger charge is -2.32. The van der Waals surface area contributed by atoms with Gasteiger partial charge in [0, 0.05) is 43.2 Å². The van der Waals surface area contributed by atoms with Crippen LogP contribution in [0.4, 0.5) is 0 Å². The van der Waals surface area contributed by atoms with Crippen molar-refractivity contribution in [2.24, 2.45) is 0 Å². The number of amides is 1. The zero-order valence-electron chi connectivity index (χ0n) is 17.4. The smallest absolute Gasteiger partial charge is 0.251 e.